The van der Waals surface area contributed by atoms with Crippen LogP contribution in [0.15, 0.2) is 18.2 Å². The third-order valence-corrected chi connectivity index (χ3v) is 3.12. The molecule has 3 nitrogen and oxygen atoms in total. The second kappa shape index (κ2) is 5.32. The third kappa shape index (κ3) is 2.54. The highest BCUT2D eigenvalue weighted by molar-refractivity contribution is 5.37. The fourth-order valence-electron chi connectivity index (χ4n) is 2.21. The Hall–Kier alpha value is -1.06. The van der Waals surface area contributed by atoms with Crippen molar-refractivity contribution >= 4 is 0 Å². The molecule has 0 radical (unpaired) electrons. The molecule has 0 saturated carbocycles. The summed E-state index contributed by atoms with van der Waals surface area (Å²) < 4.78 is 5.02. The molecule has 88 valence electrons. The zero-order valence-electron chi connectivity index (χ0n) is 9.70. The molecule has 1 heterocycles. The summed E-state index contributed by atoms with van der Waals surface area (Å²) in [6, 6.07) is 6.29. The van der Waals surface area contributed by atoms with E-state index in [0.29, 0.717) is 18.4 Å². The van der Waals surface area contributed by atoms with Crippen LogP contribution in [-0.4, -0.2) is 18.8 Å². The van der Waals surface area contributed by atoms with Crippen LogP contribution >= 0.6 is 0 Å². The van der Waals surface area contributed by atoms with E-state index >= 15 is 0 Å². The summed E-state index contributed by atoms with van der Waals surface area (Å²) in [7, 11) is 1.63. The molecule has 1 aromatic rings. The highest BCUT2D eigenvalue weighted by atomic mass is 16.5. The van der Waals surface area contributed by atoms with E-state index in [1.165, 1.54) is 18.4 Å². The highest BCUT2D eigenvalue weighted by Gasteiger charge is 2.15. The number of piperidine rings is 1. The van der Waals surface area contributed by atoms with Crippen molar-refractivity contribution in [2.45, 2.75) is 31.9 Å². The Morgan fingerprint density at radius 2 is 2.31 bits per heavy atom. The smallest absolute Gasteiger partial charge is 0.121 e. The van der Waals surface area contributed by atoms with E-state index in [1.807, 2.05) is 12.1 Å². The average Bonchev–Trinajstić information content (AvgIpc) is 2.33. The summed E-state index contributed by atoms with van der Waals surface area (Å²) in [5.41, 5.74) is 2.03. The standard InChI is InChI=1S/C13H19NO2/c1-16-9-11-6-5-10(8-13(11)15)12-4-2-3-7-14-12/h5-6,8,12,14-15H,2-4,7,9H2,1H3. The number of benzene rings is 1. The van der Waals surface area contributed by atoms with E-state index in [1.54, 1.807) is 7.11 Å². The highest BCUT2D eigenvalue weighted by Crippen LogP contribution is 2.27. The lowest BCUT2D eigenvalue weighted by molar-refractivity contribution is 0.182. The van der Waals surface area contributed by atoms with Gasteiger partial charge in [-0.3, -0.25) is 0 Å². The van der Waals surface area contributed by atoms with Crippen LogP contribution in [0.25, 0.3) is 0 Å². The summed E-state index contributed by atoms with van der Waals surface area (Å²) in [6.45, 7) is 1.54. The molecule has 1 atom stereocenters. The van der Waals surface area contributed by atoms with Gasteiger partial charge in [-0.2, -0.15) is 0 Å². The van der Waals surface area contributed by atoms with E-state index in [4.69, 9.17) is 4.74 Å². The first-order valence-corrected chi connectivity index (χ1v) is 5.85. The number of phenolic OH excluding ortho intramolecular Hbond substituents is 1. The quantitative estimate of drug-likeness (QED) is 0.823. The predicted molar refractivity (Wildman–Crippen MR) is 63.4 cm³/mol. The molecule has 0 bridgehead atoms. The number of hydrogen-bond acceptors (Lipinski definition) is 3. The Labute approximate surface area is 96.4 Å². The largest absolute Gasteiger partial charge is 0.508 e. The van der Waals surface area contributed by atoms with Gasteiger partial charge >= 0.3 is 0 Å². The van der Waals surface area contributed by atoms with Gasteiger partial charge in [0.05, 0.1) is 6.61 Å². The van der Waals surface area contributed by atoms with Crippen LogP contribution in [-0.2, 0) is 11.3 Å². The van der Waals surface area contributed by atoms with Gasteiger partial charge in [0, 0.05) is 18.7 Å². The number of ether oxygens (including phenoxy) is 1. The van der Waals surface area contributed by atoms with Crippen molar-refractivity contribution in [1.82, 2.24) is 5.32 Å². The summed E-state index contributed by atoms with van der Waals surface area (Å²) >= 11 is 0. The number of hydrogen-bond donors (Lipinski definition) is 2. The molecule has 16 heavy (non-hydrogen) atoms. The van der Waals surface area contributed by atoms with E-state index in [2.05, 4.69) is 11.4 Å². The van der Waals surface area contributed by atoms with Crippen molar-refractivity contribution in [1.29, 1.82) is 0 Å². The molecule has 2 N–H and O–H groups in total. The number of nitrogens with one attached hydrogen (secondary N) is 1. The van der Waals surface area contributed by atoms with E-state index in [0.717, 1.165) is 18.5 Å². The van der Waals surface area contributed by atoms with Gasteiger partial charge in [-0.15, -0.1) is 0 Å². The minimum atomic E-state index is 0.340. The number of phenols is 1. The summed E-state index contributed by atoms with van der Waals surface area (Å²) in [5.74, 6) is 0.340. The first-order valence-electron chi connectivity index (χ1n) is 5.85. The first-order chi connectivity index (χ1) is 7.81. The zero-order valence-corrected chi connectivity index (χ0v) is 9.70. The normalized spacial score (nSPS) is 20.9. The maximum Gasteiger partial charge on any atom is 0.121 e. The van der Waals surface area contributed by atoms with Crippen molar-refractivity contribution in [3.05, 3.63) is 29.3 Å². The molecule has 0 aromatic heterocycles. The van der Waals surface area contributed by atoms with Crippen molar-refractivity contribution in [2.75, 3.05) is 13.7 Å². The molecular formula is C13H19NO2. The Kier molecular flexibility index (Phi) is 3.80. The topological polar surface area (TPSA) is 41.5 Å². The van der Waals surface area contributed by atoms with Crippen LogP contribution in [0.1, 0.15) is 36.4 Å². The molecule has 1 aliphatic heterocycles. The van der Waals surface area contributed by atoms with Crippen LogP contribution in [0.3, 0.4) is 0 Å². The molecule has 0 spiro atoms. The van der Waals surface area contributed by atoms with Gasteiger partial charge in [0.25, 0.3) is 0 Å². The molecule has 1 aliphatic rings. The van der Waals surface area contributed by atoms with E-state index < -0.39 is 0 Å². The third-order valence-electron chi connectivity index (χ3n) is 3.12. The molecule has 3 heteroatoms. The van der Waals surface area contributed by atoms with Gasteiger partial charge in [0.1, 0.15) is 5.75 Å². The van der Waals surface area contributed by atoms with Crippen molar-refractivity contribution in [2.24, 2.45) is 0 Å². The fourth-order valence-corrected chi connectivity index (χ4v) is 2.21. The maximum absolute atomic E-state index is 9.85. The molecule has 1 aromatic carbocycles. The van der Waals surface area contributed by atoms with E-state index in [-0.39, 0.29) is 0 Å². The van der Waals surface area contributed by atoms with Crippen molar-refractivity contribution in [3.63, 3.8) is 0 Å². The molecule has 0 amide bonds. The van der Waals surface area contributed by atoms with Crippen LogP contribution in [0, 0.1) is 0 Å². The first kappa shape index (κ1) is 11.4. The van der Waals surface area contributed by atoms with Gasteiger partial charge in [0.2, 0.25) is 0 Å². The van der Waals surface area contributed by atoms with Crippen LogP contribution in [0.4, 0.5) is 0 Å². The molecule has 1 saturated heterocycles. The van der Waals surface area contributed by atoms with Crippen molar-refractivity contribution < 1.29 is 9.84 Å². The SMILES string of the molecule is COCc1ccc(C2CCCCN2)cc1O. The van der Waals surface area contributed by atoms with Crippen LogP contribution in [0.5, 0.6) is 5.75 Å². The van der Waals surface area contributed by atoms with Gasteiger partial charge in [-0.05, 0) is 31.0 Å². The van der Waals surface area contributed by atoms with Gasteiger partial charge in [-0.1, -0.05) is 18.6 Å². The van der Waals surface area contributed by atoms with E-state index in [9.17, 15) is 5.11 Å². The predicted octanol–water partition coefficient (Wildman–Crippen LogP) is 2.35. The fraction of sp³-hybridized carbons (Fsp3) is 0.538. The lowest BCUT2D eigenvalue weighted by atomic mass is 9.96. The van der Waals surface area contributed by atoms with Gasteiger partial charge in [-0.25, -0.2) is 0 Å². The minimum absolute atomic E-state index is 0.340. The van der Waals surface area contributed by atoms with Crippen LogP contribution < -0.4 is 5.32 Å². The summed E-state index contributed by atoms with van der Waals surface area (Å²) in [6.07, 6.45) is 3.67. The minimum Gasteiger partial charge on any atom is -0.508 e. The molecule has 2 rings (SSSR count). The molecule has 1 unspecified atom stereocenters. The monoisotopic (exact) mass is 221 g/mol. The molecular weight excluding hydrogens is 202 g/mol. The summed E-state index contributed by atoms with van der Waals surface area (Å²) in [4.78, 5) is 0. The second-order valence-electron chi connectivity index (χ2n) is 4.32. The Balaban J connectivity index is 2.13. The van der Waals surface area contributed by atoms with Crippen molar-refractivity contribution in [3.8, 4) is 5.75 Å². The lowest BCUT2D eigenvalue weighted by Crippen LogP contribution is -2.26. The number of rotatable bonds is 3. The Morgan fingerprint density at radius 1 is 1.44 bits per heavy atom. The number of methoxy groups -OCH3 is 1. The molecule has 0 aliphatic carbocycles. The zero-order chi connectivity index (χ0) is 11.4. The Morgan fingerprint density at radius 3 is 2.94 bits per heavy atom. The average molecular weight is 221 g/mol. The summed E-state index contributed by atoms with van der Waals surface area (Å²) in [5, 5.41) is 13.3. The van der Waals surface area contributed by atoms with Gasteiger partial charge in [0.15, 0.2) is 0 Å². The van der Waals surface area contributed by atoms with Crippen LogP contribution in [0.2, 0.25) is 0 Å². The number of aromatic hydroxyl groups is 1. The maximum atomic E-state index is 9.85. The Bertz CT molecular complexity index is 346. The van der Waals surface area contributed by atoms with Gasteiger partial charge < -0.3 is 15.2 Å². The lowest BCUT2D eigenvalue weighted by Gasteiger charge is -2.24. The second-order valence-corrected chi connectivity index (χ2v) is 4.32. The molecule has 1 fully saturated rings.